The van der Waals surface area contributed by atoms with Crippen molar-refractivity contribution in [1.82, 2.24) is 4.90 Å². The highest BCUT2D eigenvalue weighted by Crippen LogP contribution is 2.53. The van der Waals surface area contributed by atoms with E-state index in [4.69, 9.17) is 4.74 Å². The van der Waals surface area contributed by atoms with Gasteiger partial charge in [-0.15, -0.1) is 0 Å². The third kappa shape index (κ3) is 3.71. The number of piperidine rings is 1. The summed E-state index contributed by atoms with van der Waals surface area (Å²) in [6.45, 7) is 10.3. The van der Waals surface area contributed by atoms with Crippen molar-refractivity contribution in [3.63, 3.8) is 0 Å². The molecule has 0 aromatic carbocycles. The fourth-order valence-corrected chi connectivity index (χ4v) is 3.96. The highest BCUT2D eigenvalue weighted by molar-refractivity contribution is 4.96. The molecule has 1 saturated carbocycles. The summed E-state index contributed by atoms with van der Waals surface area (Å²) >= 11 is 0. The van der Waals surface area contributed by atoms with Gasteiger partial charge in [-0.1, -0.05) is 6.92 Å². The lowest BCUT2D eigenvalue weighted by molar-refractivity contribution is -0.0191. The third-order valence-electron chi connectivity index (χ3n) is 5.01. The first-order valence-corrected chi connectivity index (χ1v) is 8.08. The normalized spacial score (nSPS) is 24.3. The van der Waals surface area contributed by atoms with E-state index in [9.17, 15) is 0 Å². The monoisotopic (exact) mass is 253 g/mol. The van der Waals surface area contributed by atoms with Gasteiger partial charge in [0.05, 0.1) is 0 Å². The second kappa shape index (κ2) is 6.91. The molecule has 0 N–H and O–H groups in total. The van der Waals surface area contributed by atoms with Gasteiger partial charge in [-0.25, -0.2) is 0 Å². The second-order valence-electron chi connectivity index (χ2n) is 6.46. The molecule has 0 bridgehead atoms. The largest absolute Gasteiger partial charge is 0.382 e. The van der Waals surface area contributed by atoms with Crippen molar-refractivity contribution < 1.29 is 4.74 Å². The van der Waals surface area contributed by atoms with E-state index in [0.29, 0.717) is 0 Å². The molecule has 0 aromatic rings. The van der Waals surface area contributed by atoms with Gasteiger partial charge in [0.15, 0.2) is 0 Å². The van der Waals surface area contributed by atoms with Gasteiger partial charge in [-0.05, 0) is 82.8 Å². The Balaban J connectivity index is 1.57. The Labute approximate surface area is 113 Å². The first-order chi connectivity index (χ1) is 8.78. The van der Waals surface area contributed by atoms with Crippen LogP contribution in [-0.2, 0) is 4.74 Å². The summed E-state index contributed by atoms with van der Waals surface area (Å²) < 4.78 is 5.42. The molecule has 106 valence electrons. The van der Waals surface area contributed by atoms with Crippen molar-refractivity contribution in [2.45, 2.75) is 58.8 Å². The topological polar surface area (TPSA) is 12.5 Å². The van der Waals surface area contributed by atoms with Crippen molar-refractivity contribution in [3.05, 3.63) is 0 Å². The lowest BCUT2D eigenvalue weighted by atomic mass is 9.56. The number of ether oxygens (including phenoxy) is 1. The van der Waals surface area contributed by atoms with Crippen LogP contribution in [0.15, 0.2) is 0 Å². The Morgan fingerprint density at radius 3 is 2.50 bits per heavy atom. The van der Waals surface area contributed by atoms with E-state index < -0.39 is 0 Å². The summed E-state index contributed by atoms with van der Waals surface area (Å²) in [5, 5.41) is 0. The molecule has 1 saturated heterocycles. The zero-order valence-electron chi connectivity index (χ0n) is 12.4. The molecular weight excluding hydrogens is 222 g/mol. The van der Waals surface area contributed by atoms with Crippen molar-refractivity contribution in [2.75, 3.05) is 32.8 Å². The lowest BCUT2D eigenvalue weighted by Crippen LogP contribution is -2.47. The van der Waals surface area contributed by atoms with Gasteiger partial charge in [0.25, 0.3) is 0 Å². The molecule has 1 aliphatic carbocycles. The molecule has 0 atom stereocenters. The summed E-state index contributed by atoms with van der Waals surface area (Å²) in [6, 6.07) is 0. The van der Waals surface area contributed by atoms with Crippen LogP contribution < -0.4 is 0 Å². The van der Waals surface area contributed by atoms with Crippen LogP contribution in [0.2, 0.25) is 0 Å². The molecule has 1 spiro atoms. The maximum Gasteiger partial charge on any atom is 0.0465 e. The van der Waals surface area contributed by atoms with Crippen LogP contribution in [0, 0.1) is 11.3 Å². The maximum absolute atomic E-state index is 5.42. The van der Waals surface area contributed by atoms with E-state index in [2.05, 4.69) is 18.7 Å². The standard InChI is InChI=1S/C16H31NO/c1-3-9-17-10-7-16(8-11-17)13-15(14-16)6-5-12-18-4-2/h15H,3-14H2,1-2H3. The molecule has 0 aromatic heterocycles. The number of hydrogen-bond acceptors (Lipinski definition) is 2. The Kier molecular flexibility index (Phi) is 5.50. The molecule has 2 fully saturated rings. The summed E-state index contributed by atoms with van der Waals surface area (Å²) in [6.07, 6.45) is 9.95. The average molecular weight is 253 g/mol. The van der Waals surface area contributed by atoms with Gasteiger partial charge in [-0.2, -0.15) is 0 Å². The fraction of sp³-hybridized carbons (Fsp3) is 1.00. The maximum atomic E-state index is 5.42. The number of likely N-dealkylation sites (tertiary alicyclic amines) is 1. The van der Waals surface area contributed by atoms with Gasteiger partial charge >= 0.3 is 0 Å². The van der Waals surface area contributed by atoms with E-state index in [1.165, 1.54) is 64.6 Å². The van der Waals surface area contributed by atoms with Gasteiger partial charge < -0.3 is 9.64 Å². The van der Waals surface area contributed by atoms with E-state index in [0.717, 1.165) is 24.5 Å². The zero-order valence-corrected chi connectivity index (χ0v) is 12.4. The Morgan fingerprint density at radius 2 is 1.89 bits per heavy atom. The molecule has 2 nitrogen and oxygen atoms in total. The summed E-state index contributed by atoms with van der Waals surface area (Å²) in [5.74, 6) is 1.02. The van der Waals surface area contributed by atoms with Crippen LogP contribution in [0.5, 0.6) is 0 Å². The smallest absolute Gasteiger partial charge is 0.0465 e. The lowest BCUT2D eigenvalue weighted by Gasteiger charge is -2.52. The van der Waals surface area contributed by atoms with Crippen LogP contribution in [-0.4, -0.2) is 37.7 Å². The number of nitrogens with zero attached hydrogens (tertiary/aromatic N) is 1. The summed E-state index contributed by atoms with van der Waals surface area (Å²) in [4.78, 5) is 2.66. The molecule has 0 amide bonds. The van der Waals surface area contributed by atoms with Gasteiger partial charge in [-0.3, -0.25) is 0 Å². The van der Waals surface area contributed by atoms with Crippen molar-refractivity contribution in [1.29, 1.82) is 0 Å². The molecule has 2 aliphatic rings. The summed E-state index contributed by atoms with van der Waals surface area (Å²) in [7, 11) is 0. The van der Waals surface area contributed by atoms with Crippen LogP contribution in [0.3, 0.4) is 0 Å². The van der Waals surface area contributed by atoms with Crippen LogP contribution in [0.1, 0.15) is 58.8 Å². The Morgan fingerprint density at radius 1 is 1.17 bits per heavy atom. The van der Waals surface area contributed by atoms with Gasteiger partial charge in [0.1, 0.15) is 0 Å². The minimum atomic E-state index is 0.764. The second-order valence-corrected chi connectivity index (χ2v) is 6.46. The predicted molar refractivity (Wildman–Crippen MR) is 76.8 cm³/mol. The highest BCUT2D eigenvalue weighted by Gasteiger charge is 2.44. The van der Waals surface area contributed by atoms with E-state index >= 15 is 0 Å². The van der Waals surface area contributed by atoms with E-state index in [1.54, 1.807) is 0 Å². The minimum absolute atomic E-state index is 0.764. The van der Waals surface area contributed by atoms with Crippen LogP contribution in [0.4, 0.5) is 0 Å². The summed E-state index contributed by atoms with van der Waals surface area (Å²) in [5.41, 5.74) is 0.764. The molecule has 1 aliphatic heterocycles. The molecular formula is C16H31NO. The van der Waals surface area contributed by atoms with E-state index in [-0.39, 0.29) is 0 Å². The number of rotatable bonds is 7. The quantitative estimate of drug-likeness (QED) is 0.641. The van der Waals surface area contributed by atoms with Crippen molar-refractivity contribution in [3.8, 4) is 0 Å². The molecule has 2 heteroatoms. The molecule has 1 heterocycles. The third-order valence-corrected chi connectivity index (χ3v) is 5.01. The highest BCUT2D eigenvalue weighted by atomic mass is 16.5. The molecule has 18 heavy (non-hydrogen) atoms. The van der Waals surface area contributed by atoms with Gasteiger partial charge in [0, 0.05) is 13.2 Å². The first-order valence-electron chi connectivity index (χ1n) is 8.08. The van der Waals surface area contributed by atoms with Gasteiger partial charge in [0.2, 0.25) is 0 Å². The molecule has 0 radical (unpaired) electrons. The predicted octanol–water partition coefficient (Wildman–Crippen LogP) is 3.71. The minimum Gasteiger partial charge on any atom is -0.382 e. The molecule has 0 unspecified atom stereocenters. The van der Waals surface area contributed by atoms with E-state index in [1.807, 2.05) is 0 Å². The van der Waals surface area contributed by atoms with Crippen molar-refractivity contribution in [2.24, 2.45) is 11.3 Å². The first kappa shape index (κ1) is 14.3. The van der Waals surface area contributed by atoms with Crippen molar-refractivity contribution >= 4 is 0 Å². The SMILES string of the molecule is CCCN1CCC2(CC1)CC(CCCOCC)C2. The average Bonchev–Trinajstić information content (AvgIpc) is 2.35. The number of hydrogen-bond donors (Lipinski definition) is 0. The fourth-order valence-electron chi connectivity index (χ4n) is 3.96. The Bertz CT molecular complexity index is 225. The molecule has 2 rings (SSSR count). The Hall–Kier alpha value is -0.0800. The van der Waals surface area contributed by atoms with Crippen LogP contribution >= 0.6 is 0 Å². The zero-order chi connectivity index (χ0) is 12.8. The van der Waals surface area contributed by atoms with Crippen LogP contribution in [0.25, 0.3) is 0 Å².